The number of hydrogen-bond donors (Lipinski definition) is 0. The van der Waals surface area contributed by atoms with Gasteiger partial charge >= 0.3 is 0 Å². The number of unbranched alkanes of at least 4 members (excludes halogenated alkanes) is 2. The zero-order valence-corrected chi connectivity index (χ0v) is 11.7. The third-order valence-electron chi connectivity index (χ3n) is 2.41. The molecule has 0 aliphatic heterocycles. The van der Waals surface area contributed by atoms with Crippen molar-refractivity contribution in [1.29, 1.82) is 0 Å². The third-order valence-corrected chi connectivity index (χ3v) is 2.41. The lowest BCUT2D eigenvalue weighted by Gasteiger charge is -2.20. The summed E-state index contributed by atoms with van der Waals surface area (Å²) in [6.45, 7) is 12.6. The Balaban J connectivity index is 0. The van der Waals surface area contributed by atoms with Gasteiger partial charge in [0.2, 0.25) is 0 Å². The van der Waals surface area contributed by atoms with Crippen molar-refractivity contribution in [3.8, 4) is 0 Å². The van der Waals surface area contributed by atoms with Crippen molar-refractivity contribution in [3.05, 3.63) is 11.6 Å². The summed E-state index contributed by atoms with van der Waals surface area (Å²) >= 11 is 0. The van der Waals surface area contributed by atoms with Crippen LogP contribution in [0.4, 0.5) is 0 Å². The average molecular weight is 234 g/mol. The Morgan fingerprint density at radius 3 is 1.80 bits per heavy atom. The minimum atomic E-state index is 0. The molecular formula is C13H28ClN. The van der Waals surface area contributed by atoms with E-state index in [9.17, 15) is 0 Å². The summed E-state index contributed by atoms with van der Waals surface area (Å²) in [4.78, 5) is 2.57. The topological polar surface area (TPSA) is 3.24 Å². The first-order valence-electron chi connectivity index (χ1n) is 6.06. The van der Waals surface area contributed by atoms with E-state index >= 15 is 0 Å². The van der Waals surface area contributed by atoms with Crippen molar-refractivity contribution in [2.45, 2.75) is 53.4 Å². The predicted octanol–water partition coefficient (Wildman–Crippen LogP) is 4.28. The fourth-order valence-electron chi connectivity index (χ4n) is 1.37. The number of rotatable bonds is 8. The molecule has 0 N–H and O–H groups in total. The van der Waals surface area contributed by atoms with E-state index in [1.54, 1.807) is 0 Å². The van der Waals surface area contributed by atoms with Gasteiger partial charge in [-0.3, -0.25) is 4.90 Å². The molecule has 0 aromatic carbocycles. The molecule has 2 heteroatoms. The SMILES string of the molecule is CCCCN(CC=C(C)C)CCCC.Cl. The molecule has 0 aromatic heterocycles. The van der Waals surface area contributed by atoms with Gasteiger partial charge in [0, 0.05) is 6.54 Å². The minimum absolute atomic E-state index is 0. The van der Waals surface area contributed by atoms with Crippen LogP contribution in [0.2, 0.25) is 0 Å². The number of nitrogens with zero attached hydrogens (tertiary/aromatic N) is 1. The van der Waals surface area contributed by atoms with Gasteiger partial charge in [-0.1, -0.05) is 38.3 Å². The molecule has 0 unspecified atom stereocenters. The second kappa shape index (κ2) is 12.1. The quantitative estimate of drug-likeness (QED) is 0.566. The second-order valence-electron chi connectivity index (χ2n) is 4.29. The van der Waals surface area contributed by atoms with Crippen LogP contribution in [0.1, 0.15) is 53.4 Å². The van der Waals surface area contributed by atoms with Gasteiger partial charge in [0.15, 0.2) is 0 Å². The van der Waals surface area contributed by atoms with Crippen LogP contribution in [0.5, 0.6) is 0 Å². The highest BCUT2D eigenvalue weighted by Gasteiger charge is 2.00. The molecule has 0 atom stereocenters. The largest absolute Gasteiger partial charge is 0.300 e. The highest BCUT2D eigenvalue weighted by atomic mass is 35.5. The Morgan fingerprint density at radius 1 is 1.00 bits per heavy atom. The molecule has 0 spiro atoms. The third kappa shape index (κ3) is 11.9. The van der Waals surface area contributed by atoms with Gasteiger partial charge in [0.25, 0.3) is 0 Å². The van der Waals surface area contributed by atoms with E-state index in [1.165, 1.54) is 44.3 Å². The Morgan fingerprint density at radius 2 is 1.47 bits per heavy atom. The first-order chi connectivity index (χ1) is 6.70. The molecule has 0 saturated carbocycles. The standard InChI is InChI=1S/C13H27N.ClH/c1-5-7-10-14(11-8-6-2)12-9-13(3)4;/h9H,5-8,10-12H2,1-4H3;1H. The summed E-state index contributed by atoms with van der Waals surface area (Å²) in [7, 11) is 0. The summed E-state index contributed by atoms with van der Waals surface area (Å²) in [6.07, 6.45) is 7.61. The monoisotopic (exact) mass is 233 g/mol. The van der Waals surface area contributed by atoms with Crippen LogP contribution in [-0.4, -0.2) is 24.5 Å². The number of hydrogen-bond acceptors (Lipinski definition) is 1. The molecule has 0 amide bonds. The van der Waals surface area contributed by atoms with Gasteiger partial charge in [-0.25, -0.2) is 0 Å². The molecule has 0 radical (unpaired) electrons. The van der Waals surface area contributed by atoms with Crippen molar-refractivity contribution >= 4 is 12.4 Å². The number of halogens is 1. The van der Waals surface area contributed by atoms with Crippen LogP contribution in [0.15, 0.2) is 11.6 Å². The van der Waals surface area contributed by atoms with Crippen molar-refractivity contribution in [1.82, 2.24) is 4.90 Å². The predicted molar refractivity (Wildman–Crippen MR) is 72.9 cm³/mol. The zero-order valence-electron chi connectivity index (χ0n) is 10.9. The van der Waals surface area contributed by atoms with Gasteiger partial charge in [-0.15, -0.1) is 12.4 Å². The maximum absolute atomic E-state index is 2.57. The molecule has 0 aliphatic rings. The van der Waals surface area contributed by atoms with Gasteiger partial charge in [-0.2, -0.15) is 0 Å². The van der Waals surface area contributed by atoms with E-state index in [4.69, 9.17) is 0 Å². The van der Waals surface area contributed by atoms with Crippen molar-refractivity contribution < 1.29 is 0 Å². The fraction of sp³-hybridized carbons (Fsp3) is 0.846. The molecule has 15 heavy (non-hydrogen) atoms. The molecule has 0 aliphatic carbocycles. The van der Waals surface area contributed by atoms with Gasteiger partial charge in [0.1, 0.15) is 0 Å². The Kier molecular flexibility index (Phi) is 14.0. The zero-order chi connectivity index (χ0) is 10.8. The Bertz CT molecular complexity index is 143. The van der Waals surface area contributed by atoms with E-state index in [0.29, 0.717) is 0 Å². The van der Waals surface area contributed by atoms with E-state index < -0.39 is 0 Å². The van der Waals surface area contributed by atoms with Crippen molar-refractivity contribution in [2.24, 2.45) is 0 Å². The van der Waals surface area contributed by atoms with Crippen LogP contribution in [0, 0.1) is 0 Å². The van der Waals surface area contributed by atoms with E-state index in [0.717, 1.165) is 6.54 Å². The summed E-state index contributed by atoms with van der Waals surface area (Å²) in [5.74, 6) is 0. The molecule has 0 saturated heterocycles. The van der Waals surface area contributed by atoms with E-state index in [-0.39, 0.29) is 12.4 Å². The van der Waals surface area contributed by atoms with Gasteiger partial charge in [0.05, 0.1) is 0 Å². The highest BCUT2D eigenvalue weighted by molar-refractivity contribution is 5.85. The second-order valence-corrected chi connectivity index (χ2v) is 4.29. The van der Waals surface area contributed by atoms with E-state index in [2.05, 4.69) is 38.7 Å². The molecule has 0 rings (SSSR count). The van der Waals surface area contributed by atoms with Crippen LogP contribution < -0.4 is 0 Å². The van der Waals surface area contributed by atoms with E-state index in [1.807, 2.05) is 0 Å². The molecule has 0 fully saturated rings. The minimum Gasteiger partial charge on any atom is -0.300 e. The maximum Gasteiger partial charge on any atom is 0.0165 e. The fourth-order valence-corrected chi connectivity index (χ4v) is 1.37. The summed E-state index contributed by atoms with van der Waals surface area (Å²) in [5.41, 5.74) is 1.43. The molecule has 0 bridgehead atoms. The highest BCUT2D eigenvalue weighted by Crippen LogP contribution is 2.00. The molecular weight excluding hydrogens is 206 g/mol. The van der Waals surface area contributed by atoms with Gasteiger partial charge < -0.3 is 0 Å². The van der Waals surface area contributed by atoms with Crippen LogP contribution in [0.3, 0.4) is 0 Å². The Labute approximate surface area is 102 Å². The lowest BCUT2D eigenvalue weighted by molar-refractivity contribution is 0.292. The summed E-state index contributed by atoms with van der Waals surface area (Å²) < 4.78 is 0. The normalized spacial score (nSPS) is 9.93. The molecule has 1 nitrogen and oxygen atoms in total. The summed E-state index contributed by atoms with van der Waals surface area (Å²) in [5, 5.41) is 0. The smallest absolute Gasteiger partial charge is 0.0165 e. The van der Waals surface area contributed by atoms with Crippen LogP contribution in [0.25, 0.3) is 0 Å². The first kappa shape index (κ1) is 17.4. The Hall–Kier alpha value is -0.0100. The van der Waals surface area contributed by atoms with Gasteiger partial charge in [-0.05, 0) is 39.8 Å². The lowest BCUT2D eigenvalue weighted by atomic mass is 10.2. The lowest BCUT2D eigenvalue weighted by Crippen LogP contribution is -2.26. The van der Waals surface area contributed by atoms with Crippen molar-refractivity contribution in [3.63, 3.8) is 0 Å². The molecule has 0 aromatic rings. The van der Waals surface area contributed by atoms with Crippen molar-refractivity contribution in [2.75, 3.05) is 19.6 Å². The molecule has 0 heterocycles. The molecule has 92 valence electrons. The van der Waals surface area contributed by atoms with Crippen LogP contribution in [-0.2, 0) is 0 Å². The number of allylic oxidation sites excluding steroid dienone is 1. The first-order valence-corrected chi connectivity index (χ1v) is 6.06. The average Bonchev–Trinajstić information content (AvgIpc) is 2.16. The summed E-state index contributed by atoms with van der Waals surface area (Å²) in [6, 6.07) is 0. The van der Waals surface area contributed by atoms with Crippen LogP contribution >= 0.6 is 12.4 Å². The maximum atomic E-state index is 2.57.